The first-order chi connectivity index (χ1) is 8.31. The molecule has 4 fully saturated rings. The van der Waals surface area contributed by atoms with Crippen molar-refractivity contribution in [1.82, 2.24) is 4.98 Å². The molecule has 0 saturated heterocycles. The second-order valence-corrected chi connectivity index (χ2v) is 6.46. The maximum absolute atomic E-state index is 6.16. The Morgan fingerprint density at radius 3 is 2.24 bits per heavy atom. The summed E-state index contributed by atoms with van der Waals surface area (Å²) < 4.78 is 0. The molecule has 4 bridgehead atoms. The molecule has 0 radical (unpaired) electrons. The van der Waals surface area contributed by atoms with Crippen LogP contribution in [-0.2, 0) is 0 Å². The summed E-state index contributed by atoms with van der Waals surface area (Å²) in [4.78, 5) is 4.30. The van der Waals surface area contributed by atoms with Crippen LogP contribution in [0.15, 0.2) is 18.5 Å². The van der Waals surface area contributed by atoms with Crippen LogP contribution in [0.5, 0.6) is 0 Å². The molecule has 4 aliphatic carbocycles. The van der Waals surface area contributed by atoms with Crippen molar-refractivity contribution < 1.29 is 0 Å². The molecule has 1 heterocycles. The van der Waals surface area contributed by atoms with Gasteiger partial charge in [-0.25, -0.2) is 0 Å². The first kappa shape index (κ1) is 9.93. The molecule has 5 rings (SSSR count). The normalized spacial score (nSPS) is 42.9. The maximum Gasteiger partial charge on any atom is 0.0380 e. The molecule has 0 unspecified atom stereocenters. The summed E-state index contributed by atoms with van der Waals surface area (Å²) in [6, 6.07) is 1.97. The zero-order valence-electron chi connectivity index (χ0n) is 10.2. The first-order valence-corrected chi connectivity index (χ1v) is 7.00. The van der Waals surface area contributed by atoms with E-state index in [-0.39, 0.29) is 0 Å². The fourth-order valence-corrected chi connectivity index (χ4v) is 5.13. The third kappa shape index (κ3) is 1.42. The molecular weight excluding hydrogens is 208 g/mol. The van der Waals surface area contributed by atoms with Crippen molar-refractivity contribution in [3.8, 4) is 0 Å². The van der Waals surface area contributed by atoms with Crippen LogP contribution in [0.1, 0.15) is 43.6 Å². The Kier molecular flexibility index (Phi) is 2.03. The monoisotopic (exact) mass is 228 g/mol. The fourth-order valence-electron chi connectivity index (χ4n) is 5.13. The smallest absolute Gasteiger partial charge is 0.0380 e. The number of hydrogen-bond donors (Lipinski definition) is 1. The Bertz CT molecular complexity index is 412. The highest BCUT2D eigenvalue weighted by Crippen LogP contribution is 2.60. The van der Waals surface area contributed by atoms with Crippen LogP contribution in [0, 0.1) is 23.7 Å². The summed E-state index contributed by atoms with van der Waals surface area (Å²) in [5.74, 6) is 4.59. The maximum atomic E-state index is 6.16. The van der Waals surface area contributed by atoms with Gasteiger partial charge in [0.25, 0.3) is 0 Å². The van der Waals surface area contributed by atoms with Crippen molar-refractivity contribution in [3.05, 3.63) is 24.0 Å². The third-order valence-corrected chi connectivity index (χ3v) is 5.47. The Balaban J connectivity index is 1.73. The zero-order valence-corrected chi connectivity index (χ0v) is 10.2. The molecule has 90 valence electrons. The average Bonchev–Trinajstić information content (AvgIpc) is 2.30. The lowest BCUT2D eigenvalue weighted by Gasteiger charge is -2.54. The van der Waals surface area contributed by atoms with Crippen LogP contribution in [0.4, 0.5) is 5.69 Å². The molecule has 2 nitrogen and oxygen atoms in total. The molecule has 0 aromatic carbocycles. The molecule has 0 atom stereocenters. The molecule has 4 aliphatic rings. The van der Waals surface area contributed by atoms with Crippen molar-refractivity contribution in [1.29, 1.82) is 0 Å². The van der Waals surface area contributed by atoms with Crippen molar-refractivity contribution in [2.75, 3.05) is 5.73 Å². The van der Waals surface area contributed by atoms with Gasteiger partial charge in [-0.05, 0) is 73.3 Å². The van der Waals surface area contributed by atoms with Gasteiger partial charge in [0.05, 0.1) is 0 Å². The standard InChI is InChI=1S/C15H20N2/c16-14-1-2-17-8-13(14)15-11-4-9-3-10(6-11)7-12(15)5-9/h1-2,8-12,15H,3-7H2,(H2,16,17). The summed E-state index contributed by atoms with van der Waals surface area (Å²) in [5.41, 5.74) is 8.48. The summed E-state index contributed by atoms with van der Waals surface area (Å²) in [6.45, 7) is 0. The first-order valence-electron chi connectivity index (χ1n) is 7.00. The lowest BCUT2D eigenvalue weighted by atomic mass is 9.51. The Morgan fingerprint density at radius 1 is 1.00 bits per heavy atom. The molecule has 2 heteroatoms. The average molecular weight is 228 g/mol. The van der Waals surface area contributed by atoms with Gasteiger partial charge in [0.15, 0.2) is 0 Å². The van der Waals surface area contributed by atoms with E-state index >= 15 is 0 Å². The highest BCUT2D eigenvalue weighted by atomic mass is 14.7. The van der Waals surface area contributed by atoms with Gasteiger partial charge in [-0.1, -0.05) is 0 Å². The number of hydrogen-bond acceptors (Lipinski definition) is 2. The minimum atomic E-state index is 0.719. The van der Waals surface area contributed by atoms with Crippen molar-refractivity contribution in [3.63, 3.8) is 0 Å². The van der Waals surface area contributed by atoms with Crippen LogP contribution in [0.25, 0.3) is 0 Å². The van der Waals surface area contributed by atoms with E-state index in [2.05, 4.69) is 4.98 Å². The van der Waals surface area contributed by atoms with Crippen LogP contribution < -0.4 is 5.73 Å². The molecule has 0 amide bonds. The molecule has 4 saturated carbocycles. The zero-order chi connectivity index (χ0) is 11.4. The van der Waals surface area contributed by atoms with E-state index in [0.29, 0.717) is 0 Å². The van der Waals surface area contributed by atoms with E-state index in [1.165, 1.54) is 37.7 Å². The Hall–Kier alpha value is -1.05. The topological polar surface area (TPSA) is 38.9 Å². The third-order valence-electron chi connectivity index (χ3n) is 5.47. The molecule has 17 heavy (non-hydrogen) atoms. The molecule has 0 spiro atoms. The number of nitrogens with two attached hydrogens (primary N) is 1. The number of rotatable bonds is 1. The van der Waals surface area contributed by atoms with Crippen molar-refractivity contribution >= 4 is 5.69 Å². The number of aromatic nitrogens is 1. The number of anilines is 1. The quantitative estimate of drug-likeness (QED) is 0.801. The molecule has 1 aromatic heterocycles. The van der Waals surface area contributed by atoms with Crippen LogP contribution in [0.2, 0.25) is 0 Å². The predicted molar refractivity (Wildman–Crippen MR) is 68.4 cm³/mol. The van der Waals surface area contributed by atoms with Gasteiger partial charge in [-0.2, -0.15) is 0 Å². The SMILES string of the molecule is Nc1ccncc1C1C2CC3CC(C2)CC1C3. The summed E-state index contributed by atoms with van der Waals surface area (Å²) in [5, 5.41) is 0. The van der Waals surface area contributed by atoms with Crippen LogP contribution >= 0.6 is 0 Å². The number of pyridine rings is 1. The minimum Gasteiger partial charge on any atom is -0.398 e. The van der Waals surface area contributed by atoms with Crippen molar-refractivity contribution in [2.24, 2.45) is 23.7 Å². The van der Waals surface area contributed by atoms with E-state index < -0.39 is 0 Å². The van der Waals surface area contributed by atoms with Crippen LogP contribution in [0.3, 0.4) is 0 Å². The Labute approximate surface area is 103 Å². The molecule has 1 aromatic rings. The lowest BCUT2D eigenvalue weighted by Crippen LogP contribution is -2.44. The molecular formula is C15H20N2. The van der Waals surface area contributed by atoms with Crippen molar-refractivity contribution in [2.45, 2.75) is 38.0 Å². The lowest BCUT2D eigenvalue weighted by molar-refractivity contribution is -0.00265. The van der Waals surface area contributed by atoms with Gasteiger partial charge in [-0.3, -0.25) is 4.98 Å². The second kappa shape index (κ2) is 3.47. The van der Waals surface area contributed by atoms with Gasteiger partial charge in [-0.15, -0.1) is 0 Å². The highest BCUT2D eigenvalue weighted by Gasteiger charge is 2.48. The highest BCUT2D eigenvalue weighted by molar-refractivity contribution is 5.47. The fraction of sp³-hybridized carbons (Fsp3) is 0.667. The van der Waals surface area contributed by atoms with E-state index in [1.54, 1.807) is 0 Å². The summed E-state index contributed by atoms with van der Waals surface area (Å²) >= 11 is 0. The molecule has 2 N–H and O–H groups in total. The Morgan fingerprint density at radius 2 is 1.65 bits per heavy atom. The predicted octanol–water partition coefficient (Wildman–Crippen LogP) is 3.20. The van der Waals surface area contributed by atoms with E-state index in [4.69, 9.17) is 5.73 Å². The second-order valence-electron chi connectivity index (χ2n) is 6.46. The molecule has 0 aliphatic heterocycles. The largest absolute Gasteiger partial charge is 0.398 e. The van der Waals surface area contributed by atoms with Gasteiger partial charge in [0.1, 0.15) is 0 Å². The number of nitrogen functional groups attached to an aromatic ring is 1. The summed E-state index contributed by atoms with van der Waals surface area (Å²) in [6.07, 6.45) is 11.2. The number of nitrogens with zero attached hydrogens (tertiary/aromatic N) is 1. The van der Waals surface area contributed by atoms with Crippen LogP contribution in [-0.4, -0.2) is 4.98 Å². The summed E-state index contributed by atoms with van der Waals surface area (Å²) in [7, 11) is 0. The van der Waals surface area contributed by atoms with Gasteiger partial charge in [0.2, 0.25) is 0 Å². The van der Waals surface area contributed by atoms with Gasteiger partial charge in [0, 0.05) is 18.1 Å². The van der Waals surface area contributed by atoms with Gasteiger partial charge >= 0.3 is 0 Å². The van der Waals surface area contributed by atoms with Gasteiger partial charge < -0.3 is 5.73 Å². The van der Waals surface area contributed by atoms with E-state index in [1.807, 2.05) is 18.5 Å². The minimum absolute atomic E-state index is 0.719. The van der Waals surface area contributed by atoms with E-state index in [9.17, 15) is 0 Å². The van der Waals surface area contributed by atoms with E-state index in [0.717, 1.165) is 35.3 Å².